The molecule has 1 aliphatic carbocycles. The van der Waals surface area contributed by atoms with Crippen LogP contribution in [-0.2, 0) is 10.0 Å². The van der Waals surface area contributed by atoms with E-state index in [2.05, 4.69) is 4.72 Å². The summed E-state index contributed by atoms with van der Waals surface area (Å²) in [5.41, 5.74) is 1.00. The fourth-order valence-corrected chi connectivity index (χ4v) is 4.26. The first-order valence-electron chi connectivity index (χ1n) is 8.10. The summed E-state index contributed by atoms with van der Waals surface area (Å²) in [6.45, 7) is 0.910. The van der Waals surface area contributed by atoms with Gasteiger partial charge in [0.1, 0.15) is 13.2 Å². The van der Waals surface area contributed by atoms with E-state index in [1.807, 2.05) is 30.3 Å². The normalized spacial score (nSPS) is 18.2. The van der Waals surface area contributed by atoms with Gasteiger partial charge in [0.2, 0.25) is 10.0 Å². The van der Waals surface area contributed by atoms with Gasteiger partial charge in [0.05, 0.1) is 4.90 Å². The van der Waals surface area contributed by atoms with Crippen LogP contribution in [0.1, 0.15) is 24.4 Å². The first kappa shape index (κ1) is 15.5. The molecule has 1 N–H and O–H groups in total. The van der Waals surface area contributed by atoms with Gasteiger partial charge >= 0.3 is 0 Å². The molecule has 1 heterocycles. The Labute approximate surface area is 141 Å². The van der Waals surface area contributed by atoms with Crippen molar-refractivity contribution in [3.63, 3.8) is 0 Å². The average Bonchev–Trinajstić information content (AvgIpc) is 3.45. The van der Waals surface area contributed by atoms with E-state index < -0.39 is 10.0 Å². The summed E-state index contributed by atoms with van der Waals surface area (Å²) in [4.78, 5) is 0.202. The maximum absolute atomic E-state index is 12.8. The van der Waals surface area contributed by atoms with Gasteiger partial charge in [-0.15, -0.1) is 0 Å². The minimum atomic E-state index is -3.63. The van der Waals surface area contributed by atoms with Crippen LogP contribution in [0.15, 0.2) is 53.4 Å². The Bertz CT molecular complexity index is 831. The van der Waals surface area contributed by atoms with Crippen molar-refractivity contribution in [3.8, 4) is 11.5 Å². The summed E-state index contributed by atoms with van der Waals surface area (Å²) >= 11 is 0. The zero-order valence-electron chi connectivity index (χ0n) is 13.1. The first-order chi connectivity index (χ1) is 11.6. The average molecular weight is 345 g/mol. The number of benzene rings is 2. The lowest BCUT2D eigenvalue weighted by atomic mass is 10.0. The SMILES string of the molecule is O=S(=O)(NC(c1ccccc1)C1CC1)c1ccc2c(c1)OCCO2. The third-order valence-electron chi connectivity index (χ3n) is 4.36. The van der Waals surface area contributed by atoms with Gasteiger partial charge in [-0.3, -0.25) is 0 Å². The van der Waals surface area contributed by atoms with Crippen molar-refractivity contribution in [2.24, 2.45) is 5.92 Å². The van der Waals surface area contributed by atoms with Crippen molar-refractivity contribution in [1.82, 2.24) is 4.72 Å². The standard InChI is InChI=1S/C18H19NO4S/c20-24(21,15-8-9-16-17(12-15)23-11-10-22-16)19-18(14-6-7-14)13-4-2-1-3-5-13/h1-5,8-9,12,14,18-19H,6-7,10-11H2. The Hall–Kier alpha value is -2.05. The van der Waals surface area contributed by atoms with Crippen LogP contribution in [0.5, 0.6) is 11.5 Å². The molecule has 2 aromatic rings. The Morgan fingerprint density at radius 3 is 2.38 bits per heavy atom. The molecule has 1 aliphatic heterocycles. The molecule has 0 amide bonds. The van der Waals surface area contributed by atoms with Gasteiger partial charge in [-0.2, -0.15) is 0 Å². The zero-order valence-corrected chi connectivity index (χ0v) is 14.0. The molecule has 0 aromatic heterocycles. The van der Waals surface area contributed by atoms with E-state index in [1.54, 1.807) is 12.1 Å². The molecule has 1 saturated carbocycles. The highest BCUT2D eigenvalue weighted by atomic mass is 32.2. The highest BCUT2D eigenvalue weighted by Gasteiger charge is 2.35. The number of ether oxygens (including phenoxy) is 2. The third kappa shape index (κ3) is 3.12. The smallest absolute Gasteiger partial charge is 0.241 e. The van der Waals surface area contributed by atoms with Gasteiger partial charge in [0, 0.05) is 12.1 Å². The van der Waals surface area contributed by atoms with E-state index in [4.69, 9.17) is 9.47 Å². The van der Waals surface area contributed by atoms with Crippen LogP contribution in [-0.4, -0.2) is 21.6 Å². The number of hydrogen-bond donors (Lipinski definition) is 1. The lowest BCUT2D eigenvalue weighted by molar-refractivity contribution is 0.171. The van der Waals surface area contributed by atoms with Crippen LogP contribution in [0.4, 0.5) is 0 Å². The highest BCUT2D eigenvalue weighted by molar-refractivity contribution is 7.89. The molecular formula is C18H19NO4S. The largest absolute Gasteiger partial charge is 0.486 e. The van der Waals surface area contributed by atoms with Gasteiger partial charge in [-0.25, -0.2) is 13.1 Å². The fraction of sp³-hybridized carbons (Fsp3) is 0.333. The lowest BCUT2D eigenvalue weighted by Gasteiger charge is -2.21. The van der Waals surface area contributed by atoms with Gasteiger partial charge in [-0.1, -0.05) is 30.3 Å². The van der Waals surface area contributed by atoms with Crippen LogP contribution < -0.4 is 14.2 Å². The number of nitrogens with one attached hydrogen (secondary N) is 1. The Kier molecular flexibility index (Phi) is 3.94. The van der Waals surface area contributed by atoms with Crippen LogP contribution >= 0.6 is 0 Å². The molecule has 4 rings (SSSR count). The predicted molar refractivity (Wildman–Crippen MR) is 89.7 cm³/mol. The topological polar surface area (TPSA) is 64.6 Å². The minimum Gasteiger partial charge on any atom is -0.486 e. The van der Waals surface area contributed by atoms with Crippen molar-refractivity contribution in [1.29, 1.82) is 0 Å². The summed E-state index contributed by atoms with van der Waals surface area (Å²) in [7, 11) is -3.63. The van der Waals surface area contributed by atoms with E-state index in [0.29, 0.717) is 30.6 Å². The summed E-state index contributed by atoms with van der Waals surface area (Å²) < 4.78 is 39.5. The van der Waals surface area contributed by atoms with Crippen molar-refractivity contribution < 1.29 is 17.9 Å². The van der Waals surface area contributed by atoms with Crippen LogP contribution in [0, 0.1) is 5.92 Å². The van der Waals surface area contributed by atoms with E-state index in [0.717, 1.165) is 18.4 Å². The molecule has 2 aliphatic rings. The quantitative estimate of drug-likeness (QED) is 0.905. The van der Waals surface area contributed by atoms with Crippen molar-refractivity contribution in [2.45, 2.75) is 23.8 Å². The van der Waals surface area contributed by atoms with E-state index in [1.165, 1.54) is 6.07 Å². The third-order valence-corrected chi connectivity index (χ3v) is 5.80. The number of fused-ring (bicyclic) bond motifs is 1. The van der Waals surface area contributed by atoms with Gasteiger partial charge < -0.3 is 9.47 Å². The predicted octanol–water partition coefficient (Wildman–Crippen LogP) is 2.89. The minimum absolute atomic E-state index is 0.190. The number of hydrogen-bond acceptors (Lipinski definition) is 4. The lowest BCUT2D eigenvalue weighted by Crippen LogP contribution is -2.30. The molecule has 0 bridgehead atoms. The van der Waals surface area contributed by atoms with Crippen molar-refractivity contribution in [3.05, 3.63) is 54.1 Å². The van der Waals surface area contributed by atoms with Gasteiger partial charge in [-0.05, 0) is 36.5 Å². The molecule has 1 atom stereocenters. The summed E-state index contributed by atoms with van der Waals surface area (Å²) in [6.07, 6.45) is 2.09. The fourth-order valence-electron chi connectivity index (χ4n) is 2.95. The van der Waals surface area contributed by atoms with Gasteiger partial charge in [0.15, 0.2) is 11.5 Å². The Balaban J connectivity index is 1.62. The second-order valence-electron chi connectivity index (χ2n) is 6.15. The van der Waals surface area contributed by atoms with Gasteiger partial charge in [0.25, 0.3) is 0 Å². The van der Waals surface area contributed by atoms with E-state index >= 15 is 0 Å². The van der Waals surface area contributed by atoms with Crippen LogP contribution in [0.2, 0.25) is 0 Å². The molecule has 0 spiro atoms. The summed E-state index contributed by atoms with van der Waals surface area (Å²) in [5.74, 6) is 1.42. The maximum atomic E-state index is 12.8. The van der Waals surface area contributed by atoms with E-state index in [9.17, 15) is 8.42 Å². The van der Waals surface area contributed by atoms with Crippen molar-refractivity contribution in [2.75, 3.05) is 13.2 Å². The maximum Gasteiger partial charge on any atom is 0.241 e. The van der Waals surface area contributed by atoms with Crippen LogP contribution in [0.3, 0.4) is 0 Å². The molecule has 1 unspecified atom stereocenters. The zero-order chi connectivity index (χ0) is 16.6. The molecule has 2 aromatic carbocycles. The summed E-state index contributed by atoms with van der Waals surface area (Å²) in [6, 6.07) is 14.3. The van der Waals surface area contributed by atoms with E-state index in [-0.39, 0.29) is 10.9 Å². The summed E-state index contributed by atoms with van der Waals surface area (Å²) in [5, 5.41) is 0. The molecule has 24 heavy (non-hydrogen) atoms. The molecule has 1 fully saturated rings. The molecule has 0 radical (unpaired) electrons. The monoisotopic (exact) mass is 345 g/mol. The number of rotatable bonds is 5. The van der Waals surface area contributed by atoms with Crippen molar-refractivity contribution >= 4 is 10.0 Å². The van der Waals surface area contributed by atoms with Crippen LogP contribution in [0.25, 0.3) is 0 Å². The molecule has 0 saturated heterocycles. The molecular weight excluding hydrogens is 326 g/mol. The molecule has 126 valence electrons. The first-order valence-corrected chi connectivity index (χ1v) is 9.59. The second kappa shape index (κ2) is 6.11. The molecule has 6 heteroatoms. The number of sulfonamides is 1. The Morgan fingerprint density at radius 2 is 1.67 bits per heavy atom. The Morgan fingerprint density at radius 1 is 0.958 bits per heavy atom. The molecule has 5 nitrogen and oxygen atoms in total. The second-order valence-corrected chi connectivity index (χ2v) is 7.87. The highest BCUT2D eigenvalue weighted by Crippen LogP contribution is 2.42.